The van der Waals surface area contributed by atoms with Gasteiger partial charge in [0.15, 0.2) is 22.9 Å². The van der Waals surface area contributed by atoms with Gasteiger partial charge in [-0.2, -0.15) is 5.10 Å². The Labute approximate surface area is 587 Å². The van der Waals surface area contributed by atoms with Gasteiger partial charge in [0.25, 0.3) is 17.0 Å². The number of nitrogens with zero attached hydrogens (tertiary/aromatic N) is 8. The number of carboxylic acids is 3. The average Bonchev–Trinajstić information content (AvgIpc) is 1.68. The van der Waals surface area contributed by atoms with E-state index in [1.807, 2.05) is 37.3 Å². The summed E-state index contributed by atoms with van der Waals surface area (Å²) in [5.74, 6) is -3.23. The average molecular weight is 1450 g/mol. The molecule has 0 atom stereocenters. The molecule has 5 aromatic heterocycles. The van der Waals surface area contributed by atoms with Gasteiger partial charge >= 0.3 is 17.9 Å². The van der Waals surface area contributed by atoms with E-state index in [0.717, 1.165) is 102 Å². The maximum atomic E-state index is 13.0. The number of thiophene rings is 3. The molecule has 0 radical (unpaired) electrons. The number of phenolic OH excluding ortho intramolecular Hbond substituents is 3. The molecule has 11 aromatic rings. The zero-order valence-electron chi connectivity index (χ0n) is 53.3. The van der Waals surface area contributed by atoms with E-state index in [-0.39, 0.29) is 94.3 Å². The lowest BCUT2D eigenvalue weighted by Gasteiger charge is -2.13. The number of azo groups is 2. The van der Waals surface area contributed by atoms with Crippen LogP contribution < -0.4 is 21.9 Å². The van der Waals surface area contributed by atoms with Crippen LogP contribution in [0, 0.1) is 13.8 Å². The number of carbonyl (C=O) groups is 4. The number of nitrogen functional groups attached to an aromatic ring is 1. The Bertz CT molecular complexity index is 4980. The maximum absolute atomic E-state index is 13.0. The number of aromatic amines is 2. The Morgan fingerprint density at radius 3 is 1.21 bits per heavy atom. The molecule has 0 saturated heterocycles. The number of hydrogen-bond donors (Lipinski definition) is 9. The molecule has 1 aliphatic heterocycles. The Morgan fingerprint density at radius 1 is 0.475 bits per heavy atom. The van der Waals surface area contributed by atoms with E-state index in [1.54, 1.807) is 84.6 Å². The van der Waals surface area contributed by atoms with Crippen molar-refractivity contribution < 1.29 is 49.8 Å². The molecule has 3 aliphatic carbocycles. The summed E-state index contributed by atoms with van der Waals surface area (Å²) >= 11 is 3.27. The zero-order valence-corrected chi connectivity index (χ0v) is 57.5. The van der Waals surface area contributed by atoms with E-state index in [9.17, 15) is 44.1 Å². The maximum Gasteiger partial charge on any atom is 0.345 e. The third-order valence-electron chi connectivity index (χ3n) is 17.0. The van der Waals surface area contributed by atoms with Crippen molar-refractivity contribution in [2.75, 3.05) is 10.7 Å². The molecule has 0 spiro atoms. The topological polar surface area (TPSA) is 356 Å². The molecule has 10 N–H and O–H groups in total. The fraction of sp³-hybridized carbons (Fsp3) is 0.181. The van der Waals surface area contributed by atoms with Crippen molar-refractivity contribution in [1.82, 2.24) is 19.6 Å². The first kappa shape index (κ1) is 69.2. The van der Waals surface area contributed by atoms with E-state index in [2.05, 4.69) is 60.0 Å². The van der Waals surface area contributed by atoms with Gasteiger partial charge in [-0.05, 0) is 218 Å². The lowest BCUT2D eigenvalue weighted by molar-refractivity contribution is -0.116. The van der Waals surface area contributed by atoms with Crippen LogP contribution in [0.4, 0.5) is 34.1 Å². The summed E-state index contributed by atoms with van der Waals surface area (Å²) in [5.41, 5.74) is 21.5. The van der Waals surface area contributed by atoms with Crippen LogP contribution in [0.15, 0.2) is 179 Å². The number of phenols is 3. The molecule has 4 aliphatic rings. The number of para-hydroxylation sites is 3. The summed E-state index contributed by atoms with van der Waals surface area (Å²) in [7, 11) is 0. The predicted octanol–water partition coefficient (Wildman–Crippen LogP) is 16.3. The minimum Gasteiger partial charge on any atom is -0.505 e. The SMILES string of the molecule is Br.CC1=NN(c2ccc3c(c2)CCC3)C(=O)C1.Cc1[nH]n(-c2ccc3c(c2)CCC3)c(=O)c1N=Nc1cccc(-c2csc(C(=O)O)c2)c1O.Cc1[nH]n(-c2ccc3c(c2)CCC3)c(=O)c1N=Nc1cccc(-c2csc(C(=O)O)c2)c1O.Nc1cccc(-c2csc(C(=O)O)c2)c1O. The van der Waals surface area contributed by atoms with Crippen molar-refractivity contribution >= 4 is 115 Å². The number of aromatic hydroxyl groups is 3. The lowest BCUT2D eigenvalue weighted by Crippen LogP contribution is -2.19. The van der Waals surface area contributed by atoms with E-state index >= 15 is 0 Å². The molecule has 23 nitrogen and oxygen atoms in total. The molecule has 0 unspecified atom stereocenters. The third-order valence-corrected chi connectivity index (χ3v) is 19.7. The molecule has 99 heavy (non-hydrogen) atoms. The Morgan fingerprint density at radius 2 is 0.838 bits per heavy atom. The van der Waals surface area contributed by atoms with Crippen molar-refractivity contribution in [3.8, 4) is 62.0 Å². The number of aromatic carboxylic acids is 3. The second kappa shape index (κ2) is 29.7. The molecule has 504 valence electrons. The highest BCUT2D eigenvalue weighted by Crippen LogP contribution is 2.42. The number of aryl methyl sites for hydroxylation is 8. The molecule has 6 heterocycles. The van der Waals surface area contributed by atoms with Crippen LogP contribution in [0.1, 0.15) is 106 Å². The second-order valence-corrected chi connectivity index (χ2v) is 26.3. The van der Waals surface area contributed by atoms with Crippen molar-refractivity contribution in [1.29, 1.82) is 0 Å². The highest BCUT2D eigenvalue weighted by molar-refractivity contribution is 8.93. The number of carboxylic acid groups (broad SMARTS) is 3. The molecule has 0 bridgehead atoms. The van der Waals surface area contributed by atoms with Crippen molar-refractivity contribution in [2.45, 2.75) is 85.0 Å². The van der Waals surface area contributed by atoms with Gasteiger partial charge < -0.3 is 36.4 Å². The Balaban J connectivity index is 0.000000140. The number of nitrogens with two attached hydrogens (primary N) is 1. The van der Waals surface area contributed by atoms with Crippen LogP contribution in [0.25, 0.3) is 44.8 Å². The number of fused-ring (bicyclic) bond motifs is 3. The molecule has 6 aromatic carbocycles. The van der Waals surface area contributed by atoms with Gasteiger partial charge in [0.2, 0.25) is 0 Å². The van der Waals surface area contributed by atoms with Gasteiger partial charge in [-0.1, -0.05) is 54.6 Å². The summed E-state index contributed by atoms with van der Waals surface area (Å²) in [4.78, 5) is 71.3. The second-order valence-electron chi connectivity index (χ2n) is 23.6. The number of anilines is 2. The summed E-state index contributed by atoms with van der Waals surface area (Å²) in [6.45, 7) is 5.38. The number of halogens is 1. The Kier molecular flexibility index (Phi) is 20.8. The van der Waals surface area contributed by atoms with E-state index in [0.29, 0.717) is 51.2 Å². The van der Waals surface area contributed by atoms with Crippen LogP contribution in [-0.4, -0.2) is 79.7 Å². The van der Waals surface area contributed by atoms with Gasteiger partial charge in [0.05, 0.1) is 40.6 Å². The fourth-order valence-electron chi connectivity index (χ4n) is 12.0. The van der Waals surface area contributed by atoms with E-state index in [1.165, 1.54) is 78.8 Å². The number of hydrogen-bond acceptors (Lipinski definition) is 18. The van der Waals surface area contributed by atoms with Crippen molar-refractivity contribution in [3.63, 3.8) is 0 Å². The smallest absolute Gasteiger partial charge is 0.345 e. The Hall–Kier alpha value is -11.1. The third kappa shape index (κ3) is 14.9. The number of carbonyl (C=O) groups excluding carboxylic acids is 1. The first-order chi connectivity index (χ1) is 47.2. The monoisotopic (exact) mass is 1450 g/mol. The fourth-order valence-corrected chi connectivity index (χ4v) is 14.2. The lowest BCUT2D eigenvalue weighted by atomic mass is 10.1. The van der Waals surface area contributed by atoms with Crippen LogP contribution >= 0.6 is 51.0 Å². The first-order valence-electron chi connectivity index (χ1n) is 31.1. The molecule has 1 amide bonds. The number of hydrazone groups is 1. The van der Waals surface area contributed by atoms with Crippen molar-refractivity contribution in [3.05, 3.63) is 224 Å². The predicted molar refractivity (Wildman–Crippen MR) is 388 cm³/mol. The minimum absolute atomic E-state index is 0. The van der Waals surface area contributed by atoms with Gasteiger partial charge in [-0.25, -0.2) is 28.8 Å². The quantitative estimate of drug-likeness (QED) is 0.0295. The van der Waals surface area contributed by atoms with Crippen LogP contribution in [0.3, 0.4) is 0 Å². The van der Waals surface area contributed by atoms with Gasteiger partial charge in [0.1, 0.15) is 31.8 Å². The molecule has 0 saturated carbocycles. The van der Waals surface area contributed by atoms with E-state index in [4.69, 9.17) is 21.1 Å². The summed E-state index contributed by atoms with van der Waals surface area (Å²) < 4.78 is 2.91. The molecular formula is C72H64BrN11O12S3. The van der Waals surface area contributed by atoms with Crippen molar-refractivity contribution in [2.24, 2.45) is 25.6 Å². The first-order valence-corrected chi connectivity index (χ1v) is 33.7. The van der Waals surface area contributed by atoms with Gasteiger partial charge in [-0.15, -0.1) is 71.4 Å². The number of amides is 1. The number of benzene rings is 6. The number of H-pyrrole nitrogens is 2. The summed E-state index contributed by atoms with van der Waals surface area (Å²) in [5, 5.41) is 91.6. The summed E-state index contributed by atoms with van der Waals surface area (Å²) in [6.07, 6.45) is 10.4. The van der Waals surface area contributed by atoms with E-state index < -0.39 is 17.9 Å². The van der Waals surface area contributed by atoms with Crippen LogP contribution in [0.5, 0.6) is 17.2 Å². The molecular weight excluding hydrogens is 1390 g/mol. The summed E-state index contributed by atoms with van der Waals surface area (Å²) in [6, 6.07) is 37.6. The standard InChI is InChI=1S/2C24H20N4O4S.C13H14N2O.C11H9NO3S.BrH/c2*1-13-21(23(30)28(27-13)17-9-8-14-4-2-5-15(14)10-17)26-25-19-7-3-6-18(22(19)29)16-11-20(24(31)32)33-12-16;1-9-7-13(16)15(14-9)12-6-5-10-3-2-4-11(10)8-12;12-8-3-1-2-7(10(8)13)6-4-9(11(14)15)16-5-6;/h2*3,6-12,27,29H,2,4-5H2,1H3,(H,31,32);5-6,8H,2-4,7H2,1H3;1-5,13H,12H2,(H,14,15);1H. The minimum atomic E-state index is -1.02. The number of aromatic nitrogens is 4. The van der Waals surface area contributed by atoms with Crippen LogP contribution in [0.2, 0.25) is 0 Å². The number of rotatable bonds is 13. The van der Waals surface area contributed by atoms with Crippen LogP contribution in [-0.2, 0) is 43.3 Å². The van der Waals surface area contributed by atoms with Gasteiger partial charge in [-0.3, -0.25) is 24.6 Å². The zero-order chi connectivity index (χ0) is 69.1. The number of nitrogens with one attached hydrogen (secondary N) is 2. The highest BCUT2D eigenvalue weighted by atomic mass is 79.9. The molecule has 0 fully saturated rings. The normalized spacial score (nSPS) is 13.4. The molecule has 27 heteroatoms. The highest BCUT2D eigenvalue weighted by Gasteiger charge is 2.25. The molecule has 15 rings (SSSR count). The largest absolute Gasteiger partial charge is 0.505 e. The van der Waals surface area contributed by atoms with Gasteiger partial charge in [0, 0.05) is 22.4 Å².